The van der Waals surface area contributed by atoms with Crippen LogP contribution >= 0.6 is 0 Å². The third-order valence-electron chi connectivity index (χ3n) is 7.73. The molecule has 5 amide bonds. The van der Waals surface area contributed by atoms with Crippen LogP contribution < -0.4 is 21.7 Å². The number of benzene rings is 2. The van der Waals surface area contributed by atoms with Gasteiger partial charge in [-0.3, -0.25) is 14.4 Å². The van der Waals surface area contributed by atoms with Gasteiger partial charge in [-0.25, -0.2) is 4.79 Å². The number of rotatable bonds is 7. The van der Waals surface area contributed by atoms with Gasteiger partial charge >= 0.3 is 6.03 Å². The van der Waals surface area contributed by atoms with Crippen LogP contribution in [0.15, 0.2) is 60.8 Å². The summed E-state index contributed by atoms with van der Waals surface area (Å²) in [6.07, 6.45) is 3.37. The van der Waals surface area contributed by atoms with Crippen molar-refractivity contribution in [3.05, 3.63) is 66.4 Å². The molecule has 40 heavy (non-hydrogen) atoms. The van der Waals surface area contributed by atoms with E-state index in [1.807, 2.05) is 42.5 Å². The van der Waals surface area contributed by atoms with E-state index in [0.29, 0.717) is 18.5 Å². The minimum atomic E-state index is -0.990. The second kappa shape index (κ2) is 12.2. The summed E-state index contributed by atoms with van der Waals surface area (Å²) in [6.45, 7) is 1.97. The zero-order valence-electron chi connectivity index (χ0n) is 22.3. The minimum absolute atomic E-state index is 0.000221. The number of primary amides is 1. The number of piperidine rings is 1. The Morgan fingerprint density at radius 1 is 0.975 bits per heavy atom. The van der Waals surface area contributed by atoms with Crippen LogP contribution in [0.3, 0.4) is 0 Å². The van der Waals surface area contributed by atoms with E-state index >= 15 is 0 Å². The summed E-state index contributed by atoms with van der Waals surface area (Å²) in [5.41, 5.74) is 8.11. The molecule has 0 unspecified atom stereocenters. The molecule has 3 aromatic rings. The quantitative estimate of drug-likeness (QED) is 0.304. The van der Waals surface area contributed by atoms with Gasteiger partial charge in [0.05, 0.1) is 6.54 Å². The Kier molecular flexibility index (Phi) is 8.30. The Labute approximate surface area is 232 Å². The lowest BCUT2D eigenvalue weighted by Gasteiger charge is -2.42. The number of piperazine rings is 1. The number of aromatic nitrogens is 1. The van der Waals surface area contributed by atoms with Gasteiger partial charge in [-0.1, -0.05) is 36.4 Å². The molecule has 0 spiro atoms. The van der Waals surface area contributed by atoms with Crippen LogP contribution in [0.5, 0.6) is 0 Å². The van der Waals surface area contributed by atoms with Gasteiger partial charge in [-0.2, -0.15) is 0 Å². The van der Waals surface area contributed by atoms with Crippen LogP contribution in [0.1, 0.15) is 18.4 Å². The topological polar surface area (TPSA) is 153 Å². The van der Waals surface area contributed by atoms with E-state index in [1.165, 1.54) is 4.90 Å². The van der Waals surface area contributed by atoms with Gasteiger partial charge in [-0.15, -0.1) is 0 Å². The zero-order chi connectivity index (χ0) is 28.1. The average Bonchev–Trinajstić information content (AvgIpc) is 3.39. The maximum Gasteiger partial charge on any atom is 0.321 e. The number of H-pyrrole nitrogens is 1. The maximum atomic E-state index is 13.7. The van der Waals surface area contributed by atoms with Crippen LogP contribution in [0.25, 0.3) is 10.9 Å². The smallest absolute Gasteiger partial charge is 0.321 e. The van der Waals surface area contributed by atoms with E-state index < -0.39 is 23.9 Å². The minimum Gasteiger partial charge on any atom is -0.368 e. The summed E-state index contributed by atoms with van der Waals surface area (Å²) < 4.78 is 0. The molecule has 5 rings (SSSR count). The van der Waals surface area contributed by atoms with E-state index in [0.717, 1.165) is 29.6 Å². The fraction of sp³-hybridized carbons (Fsp3) is 0.379. The molecule has 2 atom stereocenters. The van der Waals surface area contributed by atoms with Crippen molar-refractivity contribution in [1.82, 2.24) is 25.4 Å². The van der Waals surface area contributed by atoms with Crippen molar-refractivity contribution in [2.24, 2.45) is 11.7 Å². The van der Waals surface area contributed by atoms with Gasteiger partial charge in [-0.05, 0) is 49.7 Å². The standard InChI is InChI=1S/C29H35N7O4/c30-26(37)24(16-20-17-32-23-9-5-4-8-22(20)23)34-27(38)25-18-35(29(40)33-21-6-2-1-3-7-21)14-15-36(25)28(39)19-10-12-31-13-11-19/h1-9,17,19,24-25,31-32H,10-16,18H2,(H2,30,37)(H,33,40)(H,34,38)/t24-,25+/m1/s1. The van der Waals surface area contributed by atoms with Crippen molar-refractivity contribution in [2.75, 3.05) is 38.0 Å². The monoisotopic (exact) mass is 545 g/mol. The number of carbonyl (C=O) groups excluding carboxylic acids is 4. The molecule has 2 saturated heterocycles. The molecule has 0 aliphatic carbocycles. The van der Waals surface area contributed by atoms with Crippen LogP contribution in [0.4, 0.5) is 10.5 Å². The van der Waals surface area contributed by atoms with Gasteiger partial charge < -0.3 is 36.5 Å². The van der Waals surface area contributed by atoms with E-state index in [1.54, 1.807) is 23.2 Å². The number of para-hydroxylation sites is 2. The highest BCUT2D eigenvalue weighted by Crippen LogP contribution is 2.22. The molecule has 0 radical (unpaired) electrons. The lowest BCUT2D eigenvalue weighted by Crippen LogP contribution is -2.64. The van der Waals surface area contributed by atoms with Crippen molar-refractivity contribution in [3.63, 3.8) is 0 Å². The van der Waals surface area contributed by atoms with Crippen LogP contribution in [-0.2, 0) is 20.8 Å². The molecule has 6 N–H and O–H groups in total. The van der Waals surface area contributed by atoms with Crippen molar-refractivity contribution in [3.8, 4) is 0 Å². The highest BCUT2D eigenvalue weighted by atomic mass is 16.2. The van der Waals surface area contributed by atoms with Crippen LogP contribution in [0, 0.1) is 5.92 Å². The lowest BCUT2D eigenvalue weighted by molar-refractivity contribution is -0.147. The first kappa shape index (κ1) is 27.2. The van der Waals surface area contributed by atoms with Crippen molar-refractivity contribution in [2.45, 2.75) is 31.3 Å². The summed E-state index contributed by atoms with van der Waals surface area (Å²) in [5.74, 6) is -1.48. The number of urea groups is 1. The zero-order valence-corrected chi connectivity index (χ0v) is 22.3. The molecular weight excluding hydrogens is 510 g/mol. The first-order chi connectivity index (χ1) is 19.4. The van der Waals surface area contributed by atoms with Crippen molar-refractivity contribution in [1.29, 1.82) is 0 Å². The van der Waals surface area contributed by atoms with Crippen molar-refractivity contribution < 1.29 is 19.2 Å². The molecule has 210 valence electrons. The number of hydrogen-bond donors (Lipinski definition) is 5. The second-order valence-electron chi connectivity index (χ2n) is 10.3. The first-order valence-electron chi connectivity index (χ1n) is 13.7. The van der Waals surface area contributed by atoms with Gasteiger partial charge in [0.25, 0.3) is 0 Å². The molecule has 0 saturated carbocycles. The maximum absolute atomic E-state index is 13.7. The predicted octanol–water partition coefficient (Wildman–Crippen LogP) is 1.42. The van der Waals surface area contributed by atoms with Gasteiger partial charge in [0.2, 0.25) is 17.7 Å². The summed E-state index contributed by atoms with van der Waals surface area (Å²) in [5, 5.41) is 9.84. The lowest BCUT2D eigenvalue weighted by atomic mass is 9.95. The number of hydrogen-bond acceptors (Lipinski definition) is 5. The third-order valence-corrected chi connectivity index (χ3v) is 7.73. The molecule has 2 aromatic carbocycles. The van der Waals surface area contributed by atoms with Crippen molar-refractivity contribution >= 4 is 40.3 Å². The van der Waals surface area contributed by atoms with E-state index in [-0.39, 0.29) is 43.9 Å². The van der Waals surface area contributed by atoms with E-state index in [9.17, 15) is 19.2 Å². The fourth-order valence-corrected chi connectivity index (χ4v) is 5.49. The second-order valence-corrected chi connectivity index (χ2v) is 10.3. The molecule has 3 heterocycles. The number of nitrogens with one attached hydrogen (secondary N) is 4. The SMILES string of the molecule is NC(=O)[C@@H](Cc1c[nH]c2ccccc12)NC(=O)[C@@H]1CN(C(=O)Nc2ccccc2)CCN1C(=O)C1CCNCC1. The van der Waals surface area contributed by atoms with Gasteiger partial charge in [0.15, 0.2) is 0 Å². The highest BCUT2D eigenvalue weighted by molar-refractivity contribution is 5.95. The molecule has 2 aliphatic rings. The third kappa shape index (κ3) is 6.09. The molecule has 11 nitrogen and oxygen atoms in total. The number of nitrogens with two attached hydrogens (primary N) is 1. The molecule has 2 aliphatic heterocycles. The Balaban J connectivity index is 1.34. The summed E-state index contributed by atoms with van der Waals surface area (Å²) in [4.78, 5) is 59.1. The number of amides is 5. The van der Waals surface area contributed by atoms with E-state index in [4.69, 9.17) is 5.73 Å². The summed E-state index contributed by atoms with van der Waals surface area (Å²) in [6, 6.07) is 14.4. The van der Waals surface area contributed by atoms with E-state index in [2.05, 4.69) is 20.9 Å². The number of nitrogens with zero attached hydrogens (tertiary/aromatic N) is 2. The molecule has 1 aromatic heterocycles. The van der Waals surface area contributed by atoms with Crippen LogP contribution in [0.2, 0.25) is 0 Å². The Morgan fingerprint density at radius 3 is 2.45 bits per heavy atom. The largest absolute Gasteiger partial charge is 0.368 e. The average molecular weight is 546 g/mol. The van der Waals surface area contributed by atoms with Crippen LogP contribution in [-0.4, -0.2) is 83.3 Å². The van der Waals surface area contributed by atoms with Gasteiger partial charge in [0, 0.05) is 48.2 Å². The van der Waals surface area contributed by atoms with Gasteiger partial charge in [0.1, 0.15) is 12.1 Å². The molecule has 11 heteroatoms. The normalized spacial score (nSPS) is 18.8. The fourth-order valence-electron chi connectivity index (χ4n) is 5.49. The first-order valence-corrected chi connectivity index (χ1v) is 13.7. The Hall–Kier alpha value is -4.38. The number of anilines is 1. The number of aromatic amines is 1. The predicted molar refractivity (Wildman–Crippen MR) is 151 cm³/mol. The Morgan fingerprint density at radius 2 is 1.70 bits per heavy atom. The molecular formula is C29H35N7O4. The number of fused-ring (bicyclic) bond motifs is 1. The number of carbonyl (C=O) groups is 4. The molecule has 0 bridgehead atoms. The Bertz CT molecular complexity index is 1370. The summed E-state index contributed by atoms with van der Waals surface area (Å²) >= 11 is 0. The highest BCUT2D eigenvalue weighted by Gasteiger charge is 2.40. The summed E-state index contributed by atoms with van der Waals surface area (Å²) in [7, 11) is 0. The molecule has 2 fully saturated rings.